The Morgan fingerprint density at radius 2 is 2.05 bits per heavy atom. The molecule has 1 amide bonds. The van der Waals surface area contributed by atoms with Crippen LogP contribution in [-0.4, -0.2) is 24.7 Å². The Bertz CT molecular complexity index is 567. The summed E-state index contributed by atoms with van der Waals surface area (Å²) in [6.45, 7) is 2.59. The van der Waals surface area contributed by atoms with Crippen LogP contribution < -0.4 is 5.32 Å². The molecule has 0 spiro atoms. The number of alkyl carbamates (subject to hydrolysis) is 1. The van der Waals surface area contributed by atoms with Gasteiger partial charge >= 0.3 is 6.09 Å². The van der Waals surface area contributed by atoms with Crippen molar-refractivity contribution in [2.45, 2.75) is 19.3 Å². The molecule has 1 unspecified atom stereocenters. The number of benzene rings is 1. The fourth-order valence-corrected chi connectivity index (χ4v) is 2.23. The zero-order valence-electron chi connectivity index (χ0n) is 12.4. The molecule has 110 valence electrons. The van der Waals surface area contributed by atoms with Gasteiger partial charge in [-0.2, -0.15) is 0 Å². The highest BCUT2D eigenvalue weighted by molar-refractivity contribution is 5.66. The summed E-state index contributed by atoms with van der Waals surface area (Å²) in [5, 5.41) is 2.78. The Morgan fingerprint density at radius 3 is 2.67 bits per heavy atom. The fourth-order valence-electron chi connectivity index (χ4n) is 2.23. The van der Waals surface area contributed by atoms with Crippen molar-refractivity contribution in [3.63, 3.8) is 0 Å². The Balaban J connectivity index is 2.13. The van der Waals surface area contributed by atoms with E-state index in [-0.39, 0.29) is 5.92 Å². The lowest BCUT2D eigenvalue weighted by Crippen LogP contribution is -2.29. The first-order chi connectivity index (χ1) is 10.2. The monoisotopic (exact) mass is 284 g/mol. The first-order valence-corrected chi connectivity index (χ1v) is 6.96. The number of pyridine rings is 1. The van der Waals surface area contributed by atoms with E-state index in [1.165, 1.54) is 18.2 Å². The van der Waals surface area contributed by atoms with Gasteiger partial charge in [0, 0.05) is 24.9 Å². The van der Waals surface area contributed by atoms with Crippen molar-refractivity contribution in [3.8, 4) is 0 Å². The number of aromatic nitrogens is 1. The quantitative estimate of drug-likeness (QED) is 0.918. The molecule has 21 heavy (non-hydrogen) atoms. The molecule has 0 radical (unpaired) electrons. The molecule has 0 fully saturated rings. The number of aryl methyl sites for hydroxylation is 1. The first-order valence-electron chi connectivity index (χ1n) is 6.96. The topological polar surface area (TPSA) is 51.2 Å². The standard InChI is InChI=1S/C17H20N2O2/c1-13-5-7-15(8-6-13)16(12-19-17(20)21-2)10-14-4-3-9-18-11-14/h3-9,11,16H,10,12H2,1-2H3,(H,19,20). The van der Waals surface area contributed by atoms with Gasteiger partial charge in [-0.05, 0) is 30.5 Å². The van der Waals surface area contributed by atoms with Gasteiger partial charge in [0.2, 0.25) is 0 Å². The number of methoxy groups -OCH3 is 1. The molecule has 1 heterocycles. The molecule has 1 N–H and O–H groups in total. The molecular weight excluding hydrogens is 264 g/mol. The number of carbonyl (C=O) groups excluding carboxylic acids is 1. The van der Waals surface area contributed by atoms with E-state index in [0.717, 1.165) is 12.0 Å². The van der Waals surface area contributed by atoms with E-state index in [4.69, 9.17) is 0 Å². The average molecular weight is 284 g/mol. The lowest BCUT2D eigenvalue weighted by atomic mass is 9.92. The zero-order valence-corrected chi connectivity index (χ0v) is 12.4. The van der Waals surface area contributed by atoms with Crippen molar-refractivity contribution < 1.29 is 9.53 Å². The molecule has 0 aliphatic rings. The van der Waals surface area contributed by atoms with Crippen LogP contribution in [0.25, 0.3) is 0 Å². The lowest BCUT2D eigenvalue weighted by Gasteiger charge is -2.18. The third-order valence-corrected chi connectivity index (χ3v) is 3.43. The molecule has 0 saturated heterocycles. The van der Waals surface area contributed by atoms with Crippen LogP contribution in [0.3, 0.4) is 0 Å². The van der Waals surface area contributed by atoms with Gasteiger partial charge in [0.25, 0.3) is 0 Å². The van der Waals surface area contributed by atoms with E-state index in [9.17, 15) is 4.79 Å². The molecule has 4 heteroatoms. The van der Waals surface area contributed by atoms with Gasteiger partial charge in [0.05, 0.1) is 7.11 Å². The van der Waals surface area contributed by atoms with Gasteiger partial charge in [-0.15, -0.1) is 0 Å². The number of hydrogen-bond donors (Lipinski definition) is 1. The van der Waals surface area contributed by atoms with Gasteiger partial charge in [0.15, 0.2) is 0 Å². The molecule has 2 aromatic rings. The molecule has 1 aromatic carbocycles. The number of rotatable bonds is 5. The third-order valence-electron chi connectivity index (χ3n) is 3.43. The molecule has 0 aliphatic heterocycles. The van der Waals surface area contributed by atoms with Crippen molar-refractivity contribution in [2.24, 2.45) is 0 Å². The Labute approximate surface area is 125 Å². The van der Waals surface area contributed by atoms with Crippen LogP contribution >= 0.6 is 0 Å². The average Bonchev–Trinajstić information content (AvgIpc) is 2.53. The lowest BCUT2D eigenvalue weighted by molar-refractivity contribution is 0.170. The Morgan fingerprint density at radius 1 is 1.29 bits per heavy atom. The van der Waals surface area contributed by atoms with Crippen LogP contribution in [0.5, 0.6) is 0 Å². The van der Waals surface area contributed by atoms with Crippen LogP contribution in [0.15, 0.2) is 48.8 Å². The Hall–Kier alpha value is -2.36. The number of ether oxygens (including phenoxy) is 1. The summed E-state index contributed by atoms with van der Waals surface area (Å²) in [5.41, 5.74) is 3.57. The van der Waals surface area contributed by atoms with E-state index < -0.39 is 6.09 Å². The predicted octanol–water partition coefficient (Wildman–Crippen LogP) is 3.07. The fraction of sp³-hybridized carbons (Fsp3) is 0.294. The maximum atomic E-state index is 11.3. The minimum atomic E-state index is -0.404. The summed E-state index contributed by atoms with van der Waals surface area (Å²) in [6.07, 6.45) is 4.04. The molecule has 0 saturated carbocycles. The van der Waals surface area contributed by atoms with E-state index in [0.29, 0.717) is 6.54 Å². The van der Waals surface area contributed by atoms with Crippen LogP contribution in [0.2, 0.25) is 0 Å². The highest BCUT2D eigenvalue weighted by atomic mass is 16.5. The van der Waals surface area contributed by atoms with E-state index in [2.05, 4.69) is 46.2 Å². The third kappa shape index (κ3) is 4.60. The number of nitrogens with zero attached hydrogens (tertiary/aromatic N) is 1. The predicted molar refractivity (Wildman–Crippen MR) is 82.3 cm³/mol. The second kappa shape index (κ2) is 7.43. The number of carbonyl (C=O) groups is 1. The minimum Gasteiger partial charge on any atom is -0.453 e. The van der Waals surface area contributed by atoms with Gasteiger partial charge in [-0.25, -0.2) is 4.79 Å². The molecule has 2 rings (SSSR count). The van der Waals surface area contributed by atoms with Crippen molar-refractivity contribution in [2.75, 3.05) is 13.7 Å². The van der Waals surface area contributed by atoms with Gasteiger partial charge in [-0.3, -0.25) is 4.98 Å². The summed E-state index contributed by atoms with van der Waals surface area (Å²) in [5.74, 6) is 0.189. The maximum Gasteiger partial charge on any atom is 0.406 e. The summed E-state index contributed by atoms with van der Waals surface area (Å²) >= 11 is 0. The smallest absolute Gasteiger partial charge is 0.406 e. The van der Waals surface area contributed by atoms with Crippen LogP contribution in [0.1, 0.15) is 22.6 Å². The van der Waals surface area contributed by atoms with E-state index in [1.807, 2.05) is 18.3 Å². The summed E-state index contributed by atoms with van der Waals surface area (Å²) in [6, 6.07) is 12.4. The highest BCUT2D eigenvalue weighted by Gasteiger charge is 2.14. The molecular formula is C17H20N2O2. The van der Waals surface area contributed by atoms with Crippen LogP contribution in [-0.2, 0) is 11.2 Å². The second-order valence-electron chi connectivity index (χ2n) is 5.05. The first kappa shape index (κ1) is 15.0. The summed E-state index contributed by atoms with van der Waals surface area (Å²) < 4.78 is 4.64. The highest BCUT2D eigenvalue weighted by Crippen LogP contribution is 2.20. The second-order valence-corrected chi connectivity index (χ2v) is 5.05. The van der Waals surface area contributed by atoms with Crippen LogP contribution in [0, 0.1) is 6.92 Å². The number of hydrogen-bond acceptors (Lipinski definition) is 3. The minimum absolute atomic E-state index is 0.189. The maximum absolute atomic E-state index is 11.3. The van der Waals surface area contributed by atoms with E-state index >= 15 is 0 Å². The zero-order chi connectivity index (χ0) is 15.1. The van der Waals surface area contributed by atoms with Gasteiger partial charge in [0.1, 0.15) is 0 Å². The largest absolute Gasteiger partial charge is 0.453 e. The SMILES string of the molecule is COC(=O)NCC(Cc1cccnc1)c1ccc(C)cc1. The molecule has 1 atom stereocenters. The van der Waals surface area contributed by atoms with Crippen LogP contribution in [0.4, 0.5) is 4.79 Å². The van der Waals surface area contributed by atoms with Crippen molar-refractivity contribution in [3.05, 3.63) is 65.5 Å². The Kier molecular flexibility index (Phi) is 5.32. The van der Waals surface area contributed by atoms with Crippen molar-refractivity contribution in [1.82, 2.24) is 10.3 Å². The molecule has 0 bridgehead atoms. The summed E-state index contributed by atoms with van der Waals surface area (Å²) in [7, 11) is 1.37. The van der Waals surface area contributed by atoms with Gasteiger partial charge < -0.3 is 10.1 Å². The normalized spacial score (nSPS) is 11.7. The summed E-state index contributed by atoms with van der Waals surface area (Å²) in [4.78, 5) is 15.5. The molecule has 0 aliphatic carbocycles. The van der Waals surface area contributed by atoms with E-state index in [1.54, 1.807) is 6.20 Å². The molecule has 4 nitrogen and oxygen atoms in total. The van der Waals surface area contributed by atoms with Gasteiger partial charge in [-0.1, -0.05) is 35.9 Å². The van der Waals surface area contributed by atoms with Crippen molar-refractivity contribution in [1.29, 1.82) is 0 Å². The van der Waals surface area contributed by atoms with Crippen molar-refractivity contribution >= 4 is 6.09 Å². The number of amides is 1. The number of nitrogens with one attached hydrogen (secondary N) is 1. The molecule has 1 aromatic heterocycles.